The highest BCUT2D eigenvalue weighted by atomic mass is 16.1. The van der Waals surface area contributed by atoms with Gasteiger partial charge in [-0.05, 0) is 20.9 Å². The van der Waals surface area contributed by atoms with Crippen molar-refractivity contribution in [3.05, 3.63) is 12.3 Å². The molecule has 0 bridgehead atoms. The first-order valence-corrected chi connectivity index (χ1v) is 4.52. The summed E-state index contributed by atoms with van der Waals surface area (Å²) < 4.78 is 0. The number of rotatable bonds is 4. The summed E-state index contributed by atoms with van der Waals surface area (Å²) in [5.41, 5.74) is -0.190. The smallest absolute Gasteiger partial charge is 0.227 e. The van der Waals surface area contributed by atoms with Crippen molar-refractivity contribution in [2.45, 2.75) is 25.8 Å². The van der Waals surface area contributed by atoms with E-state index >= 15 is 0 Å². The van der Waals surface area contributed by atoms with E-state index in [2.05, 4.69) is 20.8 Å². The first-order chi connectivity index (χ1) is 6.53. The Bertz CT molecular complexity index is 292. The van der Waals surface area contributed by atoms with Crippen molar-refractivity contribution >= 4 is 11.7 Å². The summed E-state index contributed by atoms with van der Waals surface area (Å²) in [6.07, 6.45) is 2.02. The molecule has 0 saturated heterocycles. The van der Waals surface area contributed by atoms with Gasteiger partial charge in [-0.3, -0.25) is 9.89 Å². The van der Waals surface area contributed by atoms with Crippen molar-refractivity contribution in [2.24, 2.45) is 0 Å². The molecular weight excluding hydrogens is 180 g/mol. The molecule has 0 unspecified atom stereocenters. The van der Waals surface area contributed by atoms with E-state index in [9.17, 15) is 4.79 Å². The Labute approximate surface area is 83.3 Å². The summed E-state index contributed by atoms with van der Waals surface area (Å²) in [5, 5.41) is 12.2. The van der Waals surface area contributed by atoms with Crippen LogP contribution in [0.2, 0.25) is 0 Å². The zero-order valence-electron chi connectivity index (χ0n) is 8.72. The molecule has 78 valence electrons. The molecule has 0 fully saturated rings. The third-order valence-corrected chi connectivity index (χ3v) is 2.05. The van der Waals surface area contributed by atoms with E-state index in [1.165, 1.54) is 0 Å². The number of nitrogens with zero attached hydrogens (tertiary/aromatic N) is 1. The fourth-order valence-electron chi connectivity index (χ4n) is 1.01. The van der Waals surface area contributed by atoms with Crippen LogP contribution in [0.25, 0.3) is 0 Å². The van der Waals surface area contributed by atoms with E-state index in [-0.39, 0.29) is 11.4 Å². The quantitative estimate of drug-likeness (QED) is 0.665. The molecule has 1 amide bonds. The van der Waals surface area contributed by atoms with Crippen LogP contribution in [0.15, 0.2) is 12.3 Å². The summed E-state index contributed by atoms with van der Waals surface area (Å²) in [6, 6.07) is 1.71. The molecule has 1 rings (SSSR count). The fraction of sp³-hybridized carbons (Fsp3) is 0.556. The SMILES string of the molecule is CNC(C)(C)CC(=O)Nc1ccn[nH]1. The molecule has 0 atom stereocenters. The minimum absolute atomic E-state index is 0.0337. The van der Waals surface area contributed by atoms with Gasteiger partial charge in [0.1, 0.15) is 5.82 Å². The van der Waals surface area contributed by atoms with Crippen LogP contribution in [0.5, 0.6) is 0 Å². The van der Waals surface area contributed by atoms with E-state index in [0.717, 1.165) is 0 Å². The standard InChI is InChI=1S/C9H16N4O/c1-9(2,10-3)6-8(14)12-7-4-5-11-13-7/h4-5,10H,6H2,1-3H3,(H2,11,12,13,14). The summed E-state index contributed by atoms with van der Waals surface area (Å²) in [4.78, 5) is 11.5. The Morgan fingerprint density at radius 3 is 2.86 bits per heavy atom. The van der Waals surface area contributed by atoms with Crippen LogP contribution in [0, 0.1) is 0 Å². The highest BCUT2D eigenvalue weighted by Crippen LogP contribution is 2.09. The van der Waals surface area contributed by atoms with Crippen molar-refractivity contribution in [3.63, 3.8) is 0 Å². The molecule has 3 N–H and O–H groups in total. The zero-order chi connectivity index (χ0) is 10.6. The maximum absolute atomic E-state index is 11.5. The molecule has 5 heteroatoms. The Morgan fingerprint density at radius 2 is 2.36 bits per heavy atom. The van der Waals surface area contributed by atoms with Gasteiger partial charge in [0, 0.05) is 18.0 Å². The second-order valence-electron chi connectivity index (χ2n) is 3.83. The number of amides is 1. The van der Waals surface area contributed by atoms with Crippen molar-refractivity contribution in [3.8, 4) is 0 Å². The largest absolute Gasteiger partial charge is 0.314 e. The summed E-state index contributed by atoms with van der Waals surface area (Å²) in [5.74, 6) is 0.593. The molecule has 14 heavy (non-hydrogen) atoms. The molecule has 1 aromatic rings. The van der Waals surface area contributed by atoms with Gasteiger partial charge in [-0.25, -0.2) is 0 Å². The number of hydrogen-bond acceptors (Lipinski definition) is 3. The Hall–Kier alpha value is -1.36. The van der Waals surface area contributed by atoms with Gasteiger partial charge in [0.15, 0.2) is 0 Å². The molecule has 0 spiro atoms. The molecule has 5 nitrogen and oxygen atoms in total. The van der Waals surface area contributed by atoms with E-state index in [1.54, 1.807) is 12.3 Å². The number of carbonyl (C=O) groups excluding carboxylic acids is 1. The van der Waals surface area contributed by atoms with Crippen LogP contribution >= 0.6 is 0 Å². The normalized spacial score (nSPS) is 11.4. The molecule has 0 radical (unpaired) electrons. The minimum atomic E-state index is -0.190. The van der Waals surface area contributed by atoms with E-state index < -0.39 is 0 Å². The van der Waals surface area contributed by atoms with Crippen LogP contribution in [0.4, 0.5) is 5.82 Å². The fourth-order valence-corrected chi connectivity index (χ4v) is 1.01. The summed E-state index contributed by atoms with van der Waals surface area (Å²) in [7, 11) is 1.84. The van der Waals surface area contributed by atoms with Crippen LogP contribution < -0.4 is 10.6 Å². The van der Waals surface area contributed by atoms with Crippen LogP contribution in [-0.4, -0.2) is 28.7 Å². The lowest BCUT2D eigenvalue weighted by atomic mass is 10.0. The number of nitrogens with one attached hydrogen (secondary N) is 3. The average Bonchev–Trinajstić information content (AvgIpc) is 2.55. The van der Waals surface area contributed by atoms with Crippen molar-refractivity contribution in [1.29, 1.82) is 0 Å². The van der Waals surface area contributed by atoms with E-state index in [4.69, 9.17) is 0 Å². The van der Waals surface area contributed by atoms with Crippen molar-refractivity contribution in [2.75, 3.05) is 12.4 Å². The molecule has 0 saturated carbocycles. The van der Waals surface area contributed by atoms with E-state index in [1.807, 2.05) is 20.9 Å². The molecular formula is C9H16N4O. The van der Waals surface area contributed by atoms with Crippen LogP contribution in [-0.2, 0) is 4.79 Å². The molecule has 1 heterocycles. The third kappa shape index (κ3) is 3.18. The van der Waals surface area contributed by atoms with Gasteiger partial charge < -0.3 is 10.6 Å². The van der Waals surface area contributed by atoms with Gasteiger partial charge in [-0.15, -0.1) is 0 Å². The Morgan fingerprint density at radius 1 is 1.64 bits per heavy atom. The minimum Gasteiger partial charge on any atom is -0.314 e. The zero-order valence-corrected chi connectivity index (χ0v) is 8.72. The number of aromatic amines is 1. The summed E-state index contributed by atoms with van der Waals surface area (Å²) >= 11 is 0. The number of hydrogen-bond donors (Lipinski definition) is 3. The maximum atomic E-state index is 11.5. The first-order valence-electron chi connectivity index (χ1n) is 4.52. The Balaban J connectivity index is 2.44. The van der Waals surface area contributed by atoms with Crippen LogP contribution in [0.1, 0.15) is 20.3 Å². The predicted molar refractivity (Wildman–Crippen MR) is 55.0 cm³/mol. The Kier molecular flexibility index (Phi) is 3.24. The molecule has 0 aliphatic carbocycles. The van der Waals surface area contributed by atoms with Gasteiger partial charge in [0.2, 0.25) is 5.91 Å². The lowest BCUT2D eigenvalue weighted by Gasteiger charge is -2.22. The van der Waals surface area contributed by atoms with E-state index in [0.29, 0.717) is 12.2 Å². The van der Waals surface area contributed by atoms with Gasteiger partial charge in [-0.1, -0.05) is 0 Å². The topological polar surface area (TPSA) is 69.8 Å². The maximum Gasteiger partial charge on any atom is 0.227 e. The molecule has 0 aromatic carbocycles. The second-order valence-corrected chi connectivity index (χ2v) is 3.83. The highest BCUT2D eigenvalue weighted by molar-refractivity contribution is 5.90. The van der Waals surface area contributed by atoms with Crippen molar-refractivity contribution < 1.29 is 4.79 Å². The number of anilines is 1. The third-order valence-electron chi connectivity index (χ3n) is 2.05. The highest BCUT2D eigenvalue weighted by Gasteiger charge is 2.19. The number of aromatic nitrogens is 2. The van der Waals surface area contributed by atoms with Gasteiger partial charge >= 0.3 is 0 Å². The van der Waals surface area contributed by atoms with Gasteiger partial charge in [0.05, 0.1) is 6.20 Å². The first kappa shape index (κ1) is 10.7. The molecule has 1 aromatic heterocycles. The number of H-pyrrole nitrogens is 1. The van der Waals surface area contributed by atoms with Gasteiger partial charge in [-0.2, -0.15) is 5.10 Å². The molecule has 0 aliphatic rings. The van der Waals surface area contributed by atoms with Gasteiger partial charge in [0.25, 0.3) is 0 Å². The lowest BCUT2D eigenvalue weighted by molar-refractivity contribution is -0.117. The van der Waals surface area contributed by atoms with Crippen molar-refractivity contribution in [1.82, 2.24) is 15.5 Å². The lowest BCUT2D eigenvalue weighted by Crippen LogP contribution is -2.39. The predicted octanol–water partition coefficient (Wildman–Crippen LogP) is 0.736. The van der Waals surface area contributed by atoms with Crippen LogP contribution in [0.3, 0.4) is 0 Å². The summed E-state index contributed by atoms with van der Waals surface area (Å²) in [6.45, 7) is 3.94. The average molecular weight is 196 g/mol. The number of carbonyl (C=O) groups is 1. The monoisotopic (exact) mass is 196 g/mol. The molecule has 0 aliphatic heterocycles. The second kappa shape index (κ2) is 4.23.